The van der Waals surface area contributed by atoms with Crippen molar-refractivity contribution in [2.75, 3.05) is 11.1 Å². The zero-order valence-corrected chi connectivity index (χ0v) is 17.5. The number of hydrogen-bond donors (Lipinski definition) is 1. The molecule has 1 aromatic heterocycles. The van der Waals surface area contributed by atoms with Gasteiger partial charge in [0.1, 0.15) is 0 Å². The van der Waals surface area contributed by atoms with Crippen LogP contribution < -0.4 is 5.32 Å². The van der Waals surface area contributed by atoms with E-state index in [0.29, 0.717) is 23.2 Å². The number of benzene rings is 2. The summed E-state index contributed by atoms with van der Waals surface area (Å²) < 4.78 is 1.90. The van der Waals surface area contributed by atoms with Gasteiger partial charge >= 0.3 is 0 Å². The van der Waals surface area contributed by atoms with Crippen LogP contribution in [0.4, 0.5) is 11.4 Å². The van der Waals surface area contributed by atoms with Crippen LogP contribution in [0.15, 0.2) is 60.3 Å². The third kappa shape index (κ3) is 4.93. The third-order valence-corrected chi connectivity index (χ3v) is 5.31. The van der Waals surface area contributed by atoms with Gasteiger partial charge in [-0.1, -0.05) is 47.7 Å². The summed E-state index contributed by atoms with van der Waals surface area (Å²) in [5.41, 5.74) is 3.14. The maximum absolute atomic E-state index is 12.4. The van der Waals surface area contributed by atoms with Gasteiger partial charge in [-0.2, -0.15) is 0 Å². The van der Waals surface area contributed by atoms with Crippen LogP contribution in [0, 0.1) is 24.0 Å². The van der Waals surface area contributed by atoms with Crippen molar-refractivity contribution < 1.29 is 9.72 Å². The fourth-order valence-corrected chi connectivity index (χ4v) is 3.61. The van der Waals surface area contributed by atoms with Gasteiger partial charge in [0.25, 0.3) is 5.69 Å². The lowest BCUT2D eigenvalue weighted by Gasteiger charge is -2.09. The Morgan fingerprint density at radius 3 is 2.77 bits per heavy atom. The smallest absolute Gasteiger partial charge is 0.271 e. The number of non-ortho nitro benzene ring substituents is 1. The second-order valence-corrected chi connectivity index (χ2v) is 7.61. The number of amides is 1. The molecule has 1 N–H and O–H groups in total. The van der Waals surface area contributed by atoms with Gasteiger partial charge in [0.15, 0.2) is 11.0 Å². The molecule has 0 spiro atoms. The number of nitrogens with one attached hydrogen (secondary N) is 1. The molecule has 9 heteroatoms. The van der Waals surface area contributed by atoms with Gasteiger partial charge in [-0.25, -0.2) is 0 Å². The average Bonchev–Trinajstić information content (AvgIpc) is 3.11. The van der Waals surface area contributed by atoms with Gasteiger partial charge in [0.05, 0.1) is 16.4 Å². The molecule has 0 radical (unpaired) electrons. The summed E-state index contributed by atoms with van der Waals surface area (Å²) in [5.74, 6) is 0.510. The van der Waals surface area contributed by atoms with Crippen molar-refractivity contribution in [3.63, 3.8) is 0 Å². The van der Waals surface area contributed by atoms with Gasteiger partial charge < -0.3 is 5.32 Å². The summed E-state index contributed by atoms with van der Waals surface area (Å²) in [6.45, 7) is 8.08. The number of nitro benzene ring substituents is 1. The normalized spacial score (nSPS) is 10.6. The molecule has 0 aliphatic carbocycles. The predicted octanol–water partition coefficient (Wildman–Crippen LogP) is 4.39. The number of aromatic nitrogens is 3. The van der Waals surface area contributed by atoms with E-state index in [1.165, 1.54) is 23.9 Å². The number of allylic oxidation sites excluding steroid dienone is 1. The summed E-state index contributed by atoms with van der Waals surface area (Å²) in [7, 11) is 0. The Bertz CT molecular complexity index is 1110. The van der Waals surface area contributed by atoms with E-state index in [-0.39, 0.29) is 17.3 Å². The van der Waals surface area contributed by atoms with E-state index in [9.17, 15) is 14.9 Å². The molecule has 8 nitrogen and oxygen atoms in total. The van der Waals surface area contributed by atoms with Crippen molar-refractivity contribution in [2.24, 2.45) is 0 Å². The van der Waals surface area contributed by atoms with Crippen LogP contribution in [-0.4, -0.2) is 31.3 Å². The molecule has 2 aromatic carbocycles. The number of nitro groups is 1. The van der Waals surface area contributed by atoms with Gasteiger partial charge in [0.2, 0.25) is 5.91 Å². The van der Waals surface area contributed by atoms with Crippen molar-refractivity contribution in [2.45, 2.75) is 25.5 Å². The average molecular weight is 423 g/mol. The van der Waals surface area contributed by atoms with E-state index >= 15 is 0 Å². The quantitative estimate of drug-likeness (QED) is 0.249. The standard InChI is InChI=1S/C21H21N5O3S/c1-4-10-25-20(16-7-5-6-14(2)11-16)23-24-21(25)30-13-19(27)22-18-12-17(26(28)29)9-8-15(18)3/h4-9,11-12H,1,10,13H2,2-3H3,(H,22,27). The Labute approximate surface area is 178 Å². The van der Waals surface area contributed by atoms with Crippen molar-refractivity contribution in [1.82, 2.24) is 14.8 Å². The molecular weight excluding hydrogens is 402 g/mol. The first-order valence-electron chi connectivity index (χ1n) is 9.18. The minimum absolute atomic E-state index is 0.0722. The number of nitrogens with zero attached hydrogens (tertiary/aromatic N) is 4. The molecule has 1 amide bonds. The SMILES string of the molecule is C=CCn1c(SCC(=O)Nc2cc([N+](=O)[O-])ccc2C)nnc1-c1cccc(C)c1. The monoisotopic (exact) mass is 423 g/mol. The Kier molecular flexibility index (Phi) is 6.63. The number of hydrogen-bond acceptors (Lipinski definition) is 6. The van der Waals surface area contributed by atoms with Gasteiger partial charge in [-0.3, -0.25) is 19.5 Å². The molecule has 0 fully saturated rings. The number of thioether (sulfide) groups is 1. The van der Waals surface area contributed by atoms with E-state index in [4.69, 9.17) is 0 Å². The van der Waals surface area contributed by atoms with Crippen LogP contribution in [0.1, 0.15) is 11.1 Å². The van der Waals surface area contributed by atoms with Gasteiger partial charge in [-0.15, -0.1) is 16.8 Å². The first-order chi connectivity index (χ1) is 14.4. The largest absolute Gasteiger partial charge is 0.325 e. The van der Waals surface area contributed by atoms with E-state index in [2.05, 4.69) is 22.1 Å². The lowest BCUT2D eigenvalue weighted by molar-refractivity contribution is -0.384. The predicted molar refractivity (Wildman–Crippen MR) is 118 cm³/mol. The Hall–Kier alpha value is -3.46. The fraction of sp³-hybridized carbons (Fsp3) is 0.190. The van der Waals surface area contributed by atoms with Crippen LogP contribution >= 0.6 is 11.8 Å². The van der Waals surface area contributed by atoms with Gasteiger partial charge in [-0.05, 0) is 25.5 Å². The van der Waals surface area contributed by atoms with E-state index in [0.717, 1.165) is 16.7 Å². The molecule has 0 aliphatic rings. The zero-order chi connectivity index (χ0) is 21.7. The Morgan fingerprint density at radius 2 is 2.07 bits per heavy atom. The molecule has 0 aliphatic heterocycles. The molecular formula is C21H21N5O3S. The minimum atomic E-state index is -0.492. The molecule has 3 aromatic rings. The number of aryl methyl sites for hydroxylation is 2. The number of carbonyl (C=O) groups is 1. The maximum Gasteiger partial charge on any atom is 0.271 e. The topological polar surface area (TPSA) is 103 Å². The van der Waals surface area contributed by atoms with Crippen molar-refractivity contribution >= 4 is 29.0 Å². The Balaban J connectivity index is 1.74. The maximum atomic E-state index is 12.4. The van der Waals surface area contributed by atoms with Crippen LogP contribution in [0.3, 0.4) is 0 Å². The molecule has 1 heterocycles. The van der Waals surface area contributed by atoms with Crippen molar-refractivity contribution in [3.8, 4) is 11.4 Å². The van der Waals surface area contributed by atoms with Crippen molar-refractivity contribution in [3.05, 3.63) is 76.4 Å². The van der Waals surface area contributed by atoms with Crippen molar-refractivity contribution in [1.29, 1.82) is 0 Å². The highest BCUT2D eigenvalue weighted by atomic mass is 32.2. The molecule has 0 saturated carbocycles. The molecule has 0 bridgehead atoms. The molecule has 0 saturated heterocycles. The fourth-order valence-electron chi connectivity index (χ4n) is 2.86. The highest BCUT2D eigenvalue weighted by Gasteiger charge is 2.16. The number of rotatable bonds is 8. The summed E-state index contributed by atoms with van der Waals surface area (Å²) >= 11 is 1.25. The highest BCUT2D eigenvalue weighted by Crippen LogP contribution is 2.26. The number of carbonyl (C=O) groups excluding carboxylic acids is 1. The Morgan fingerprint density at radius 1 is 1.27 bits per heavy atom. The second-order valence-electron chi connectivity index (χ2n) is 6.67. The summed E-state index contributed by atoms with van der Waals surface area (Å²) in [5, 5.41) is 22.8. The summed E-state index contributed by atoms with van der Waals surface area (Å²) in [4.78, 5) is 22.9. The molecule has 154 valence electrons. The highest BCUT2D eigenvalue weighted by molar-refractivity contribution is 7.99. The lowest BCUT2D eigenvalue weighted by Crippen LogP contribution is -2.15. The number of anilines is 1. The molecule has 0 unspecified atom stereocenters. The minimum Gasteiger partial charge on any atom is -0.325 e. The second kappa shape index (κ2) is 9.36. The van der Waals surface area contributed by atoms with E-state index in [1.807, 2.05) is 35.8 Å². The van der Waals surface area contributed by atoms with Crippen LogP contribution in [0.5, 0.6) is 0 Å². The third-order valence-electron chi connectivity index (χ3n) is 4.34. The van der Waals surface area contributed by atoms with E-state index in [1.54, 1.807) is 19.1 Å². The van der Waals surface area contributed by atoms with Gasteiger partial charge in [0, 0.05) is 24.2 Å². The van der Waals surface area contributed by atoms with E-state index < -0.39 is 4.92 Å². The molecule has 30 heavy (non-hydrogen) atoms. The van der Waals surface area contributed by atoms with Crippen LogP contribution in [0.2, 0.25) is 0 Å². The summed E-state index contributed by atoms with van der Waals surface area (Å²) in [6.07, 6.45) is 1.75. The first-order valence-corrected chi connectivity index (χ1v) is 10.2. The summed E-state index contributed by atoms with van der Waals surface area (Å²) in [6, 6.07) is 12.3. The van der Waals surface area contributed by atoms with Crippen LogP contribution in [-0.2, 0) is 11.3 Å². The first kappa shape index (κ1) is 21.3. The molecule has 0 atom stereocenters. The van der Waals surface area contributed by atoms with Crippen LogP contribution in [0.25, 0.3) is 11.4 Å². The zero-order valence-electron chi connectivity index (χ0n) is 16.7. The molecule has 3 rings (SSSR count). The lowest BCUT2D eigenvalue weighted by atomic mass is 10.1.